The van der Waals surface area contributed by atoms with Crippen LogP contribution in [0.2, 0.25) is 0 Å². The summed E-state index contributed by atoms with van der Waals surface area (Å²) in [6.07, 6.45) is 3.20. The van der Waals surface area contributed by atoms with E-state index in [9.17, 15) is 8.78 Å². The molecule has 76 valence electrons. The van der Waals surface area contributed by atoms with Crippen LogP contribution in [0.1, 0.15) is 30.9 Å². The van der Waals surface area contributed by atoms with Crippen molar-refractivity contribution in [2.75, 3.05) is 0 Å². The largest absolute Gasteiger partial charge is 0.324 e. The van der Waals surface area contributed by atoms with Gasteiger partial charge in [-0.2, -0.15) is 0 Å². The number of nitrogens with two attached hydrogens (primary N) is 1. The smallest absolute Gasteiger partial charge is 0.163 e. The highest BCUT2D eigenvalue weighted by atomic mass is 19.2. The van der Waals surface area contributed by atoms with Crippen LogP contribution < -0.4 is 5.73 Å². The van der Waals surface area contributed by atoms with E-state index < -0.39 is 11.6 Å². The van der Waals surface area contributed by atoms with E-state index in [1.165, 1.54) is 6.07 Å². The van der Waals surface area contributed by atoms with Crippen LogP contribution in [0.4, 0.5) is 8.78 Å². The lowest BCUT2D eigenvalue weighted by molar-refractivity contribution is 0.259. The highest BCUT2D eigenvalue weighted by Gasteiger charge is 2.27. The standard InChI is InChI=1S/C11H13F2N/c12-9-6-2-5-8(10(9)13)11(14)7-3-1-4-7/h2,5-7,11H,1,3-4,14H2. The summed E-state index contributed by atoms with van der Waals surface area (Å²) in [6.45, 7) is 0. The molecule has 14 heavy (non-hydrogen) atoms. The van der Waals surface area contributed by atoms with E-state index in [-0.39, 0.29) is 6.04 Å². The molecule has 1 aliphatic rings. The summed E-state index contributed by atoms with van der Waals surface area (Å²) < 4.78 is 26.2. The quantitative estimate of drug-likeness (QED) is 0.775. The van der Waals surface area contributed by atoms with Gasteiger partial charge in [0.2, 0.25) is 0 Å². The zero-order valence-electron chi connectivity index (χ0n) is 7.84. The Kier molecular flexibility index (Phi) is 2.50. The maximum Gasteiger partial charge on any atom is 0.163 e. The first-order valence-electron chi connectivity index (χ1n) is 4.89. The predicted molar refractivity (Wildman–Crippen MR) is 50.6 cm³/mol. The third kappa shape index (κ3) is 1.52. The monoisotopic (exact) mass is 197 g/mol. The van der Waals surface area contributed by atoms with E-state index in [0.717, 1.165) is 25.3 Å². The average molecular weight is 197 g/mol. The molecule has 1 fully saturated rings. The Labute approximate surface area is 81.9 Å². The summed E-state index contributed by atoms with van der Waals surface area (Å²) in [6, 6.07) is 3.85. The number of rotatable bonds is 2. The Balaban J connectivity index is 2.26. The Morgan fingerprint density at radius 1 is 1.29 bits per heavy atom. The van der Waals surface area contributed by atoms with Crippen LogP contribution in [0.5, 0.6) is 0 Å². The van der Waals surface area contributed by atoms with Crippen LogP contribution in [-0.4, -0.2) is 0 Å². The van der Waals surface area contributed by atoms with Gasteiger partial charge in [0.15, 0.2) is 11.6 Å². The molecule has 1 saturated carbocycles. The first-order valence-corrected chi connectivity index (χ1v) is 4.89. The molecule has 3 heteroatoms. The molecule has 0 amide bonds. The van der Waals surface area contributed by atoms with E-state index in [0.29, 0.717) is 11.5 Å². The molecule has 1 atom stereocenters. The second-order valence-electron chi connectivity index (χ2n) is 3.86. The Hall–Kier alpha value is -0.960. The fourth-order valence-electron chi connectivity index (χ4n) is 1.83. The molecule has 1 aromatic rings. The highest BCUT2D eigenvalue weighted by Crippen LogP contribution is 2.37. The van der Waals surface area contributed by atoms with E-state index in [2.05, 4.69) is 0 Å². The lowest BCUT2D eigenvalue weighted by Gasteiger charge is -2.31. The van der Waals surface area contributed by atoms with Crippen LogP contribution in [0.3, 0.4) is 0 Å². The molecule has 1 unspecified atom stereocenters. The van der Waals surface area contributed by atoms with Gasteiger partial charge in [0, 0.05) is 11.6 Å². The summed E-state index contributed by atoms with van der Waals surface area (Å²) in [5.74, 6) is -1.27. The highest BCUT2D eigenvalue weighted by molar-refractivity contribution is 5.23. The van der Waals surface area contributed by atoms with Gasteiger partial charge in [0.05, 0.1) is 0 Å². The molecule has 2 N–H and O–H groups in total. The van der Waals surface area contributed by atoms with Crippen molar-refractivity contribution in [3.63, 3.8) is 0 Å². The molecule has 0 spiro atoms. The van der Waals surface area contributed by atoms with Crippen molar-refractivity contribution in [3.8, 4) is 0 Å². The Bertz CT molecular complexity index is 334. The van der Waals surface area contributed by atoms with Gasteiger partial charge < -0.3 is 5.73 Å². The summed E-state index contributed by atoms with van der Waals surface area (Å²) in [7, 11) is 0. The molecule has 0 aromatic heterocycles. The van der Waals surface area contributed by atoms with Gasteiger partial charge in [-0.1, -0.05) is 18.6 Å². The van der Waals surface area contributed by atoms with E-state index >= 15 is 0 Å². The number of hydrogen-bond donors (Lipinski definition) is 1. The van der Waals surface area contributed by atoms with Crippen molar-refractivity contribution in [3.05, 3.63) is 35.4 Å². The lowest BCUT2D eigenvalue weighted by atomic mass is 9.77. The van der Waals surface area contributed by atoms with Gasteiger partial charge in [-0.3, -0.25) is 0 Å². The minimum absolute atomic E-state index is 0.315. The average Bonchev–Trinajstić information content (AvgIpc) is 2.06. The number of halogens is 2. The maximum absolute atomic E-state index is 13.3. The van der Waals surface area contributed by atoms with Gasteiger partial charge in [-0.15, -0.1) is 0 Å². The van der Waals surface area contributed by atoms with Gasteiger partial charge in [0.25, 0.3) is 0 Å². The lowest BCUT2D eigenvalue weighted by Crippen LogP contribution is -2.27. The predicted octanol–water partition coefficient (Wildman–Crippen LogP) is 2.76. The van der Waals surface area contributed by atoms with E-state index in [4.69, 9.17) is 5.73 Å². The summed E-state index contributed by atoms with van der Waals surface area (Å²) in [5.41, 5.74) is 6.18. The Morgan fingerprint density at radius 3 is 2.57 bits per heavy atom. The molecular weight excluding hydrogens is 184 g/mol. The SMILES string of the molecule is NC(c1cccc(F)c1F)C1CCC1. The molecule has 0 heterocycles. The summed E-state index contributed by atoms with van der Waals surface area (Å²) in [4.78, 5) is 0. The van der Waals surface area contributed by atoms with Gasteiger partial charge >= 0.3 is 0 Å². The molecule has 0 bridgehead atoms. The fraction of sp³-hybridized carbons (Fsp3) is 0.455. The molecule has 0 saturated heterocycles. The number of hydrogen-bond acceptors (Lipinski definition) is 1. The van der Waals surface area contributed by atoms with Gasteiger partial charge in [-0.05, 0) is 24.8 Å². The minimum Gasteiger partial charge on any atom is -0.324 e. The van der Waals surface area contributed by atoms with E-state index in [1.807, 2.05) is 0 Å². The van der Waals surface area contributed by atoms with Crippen LogP contribution in [0, 0.1) is 17.6 Å². The third-order valence-electron chi connectivity index (χ3n) is 3.00. The summed E-state index contributed by atoms with van der Waals surface area (Å²) in [5, 5.41) is 0. The van der Waals surface area contributed by atoms with Crippen molar-refractivity contribution in [2.45, 2.75) is 25.3 Å². The molecule has 1 aliphatic carbocycles. The zero-order valence-corrected chi connectivity index (χ0v) is 7.84. The fourth-order valence-corrected chi connectivity index (χ4v) is 1.83. The molecule has 1 aromatic carbocycles. The van der Waals surface area contributed by atoms with Crippen LogP contribution in [-0.2, 0) is 0 Å². The molecule has 1 nitrogen and oxygen atoms in total. The second kappa shape index (κ2) is 3.65. The van der Waals surface area contributed by atoms with Crippen molar-refractivity contribution >= 4 is 0 Å². The van der Waals surface area contributed by atoms with Gasteiger partial charge in [-0.25, -0.2) is 8.78 Å². The van der Waals surface area contributed by atoms with Crippen LogP contribution in [0.25, 0.3) is 0 Å². The van der Waals surface area contributed by atoms with Crippen molar-refractivity contribution in [2.24, 2.45) is 11.7 Å². The summed E-state index contributed by atoms with van der Waals surface area (Å²) >= 11 is 0. The Morgan fingerprint density at radius 2 is 2.00 bits per heavy atom. The van der Waals surface area contributed by atoms with Crippen molar-refractivity contribution < 1.29 is 8.78 Å². The van der Waals surface area contributed by atoms with Gasteiger partial charge in [0.1, 0.15) is 0 Å². The molecular formula is C11H13F2N. The molecule has 2 rings (SSSR count). The second-order valence-corrected chi connectivity index (χ2v) is 3.86. The van der Waals surface area contributed by atoms with Crippen molar-refractivity contribution in [1.82, 2.24) is 0 Å². The first kappa shape index (κ1) is 9.59. The zero-order chi connectivity index (χ0) is 10.1. The third-order valence-corrected chi connectivity index (χ3v) is 3.00. The molecule has 0 aliphatic heterocycles. The van der Waals surface area contributed by atoms with E-state index in [1.54, 1.807) is 6.07 Å². The van der Waals surface area contributed by atoms with Crippen LogP contribution in [0.15, 0.2) is 18.2 Å². The molecule has 0 radical (unpaired) electrons. The topological polar surface area (TPSA) is 26.0 Å². The normalized spacial score (nSPS) is 19.1. The maximum atomic E-state index is 13.3. The van der Waals surface area contributed by atoms with Crippen molar-refractivity contribution in [1.29, 1.82) is 0 Å². The number of benzene rings is 1. The van der Waals surface area contributed by atoms with Crippen LogP contribution >= 0.6 is 0 Å². The minimum atomic E-state index is -0.808. The first-order chi connectivity index (χ1) is 6.70.